The lowest BCUT2D eigenvalue weighted by Gasteiger charge is -2.20. The fourth-order valence-electron chi connectivity index (χ4n) is 4.50. The monoisotopic (exact) mass is 657 g/mol. The number of amidine groups is 1. The number of nitrogens with one attached hydrogen (secondary N) is 2. The fraction of sp³-hybridized carbons (Fsp3) is 0.233. The van der Waals surface area contributed by atoms with Crippen molar-refractivity contribution in [3.8, 4) is 11.4 Å². The van der Waals surface area contributed by atoms with Gasteiger partial charge in [-0.2, -0.15) is 4.99 Å². The van der Waals surface area contributed by atoms with E-state index >= 15 is 0 Å². The van der Waals surface area contributed by atoms with E-state index in [0.717, 1.165) is 29.7 Å². The first kappa shape index (κ1) is 31.9. The summed E-state index contributed by atoms with van der Waals surface area (Å²) in [4.78, 5) is 35.5. The number of nitrogens with zero attached hydrogens (tertiary/aromatic N) is 5. The third-order valence-corrected chi connectivity index (χ3v) is 7.73. The summed E-state index contributed by atoms with van der Waals surface area (Å²) in [5.41, 5.74) is 4.20. The van der Waals surface area contributed by atoms with E-state index in [-0.39, 0.29) is 24.0 Å². The molecule has 0 aliphatic carbocycles. The highest BCUT2D eigenvalue weighted by Gasteiger charge is 2.32. The molecule has 45 heavy (non-hydrogen) atoms. The molecule has 5 rings (SSSR count). The SMILES string of the molecule is CCCc1ccc(C)cc1N1C(=O)CSC1=NC(=O)Nc1ccc(NCc2ncn(-c3ccc(OC(F)(F)F)cc3)n2)c(Cl)c1. The van der Waals surface area contributed by atoms with Crippen molar-refractivity contribution in [2.75, 3.05) is 21.3 Å². The summed E-state index contributed by atoms with van der Waals surface area (Å²) in [5.74, 6) is 0.112. The van der Waals surface area contributed by atoms with Crippen molar-refractivity contribution < 1.29 is 27.5 Å². The number of amides is 3. The predicted octanol–water partition coefficient (Wildman–Crippen LogP) is 7.36. The molecule has 4 aromatic rings. The van der Waals surface area contributed by atoms with Gasteiger partial charge in [-0.25, -0.2) is 14.5 Å². The second kappa shape index (κ2) is 13.6. The van der Waals surface area contributed by atoms with Crippen molar-refractivity contribution in [2.24, 2.45) is 4.99 Å². The standard InChI is InChI=1S/C30H27ClF3N7O3S/c1-3-4-19-6-5-18(2)13-25(19)41-27(42)16-45-29(41)38-28(43)37-20-7-12-24(23(31)14-20)35-15-26-36-17-40(39-26)21-8-10-22(11-9-21)44-30(32,33)34/h5-14,17,35H,3-4,15-16H2,1-2H3,(H,37,43). The molecule has 1 aliphatic heterocycles. The van der Waals surface area contributed by atoms with E-state index in [0.29, 0.717) is 33.1 Å². The molecule has 0 bridgehead atoms. The lowest BCUT2D eigenvalue weighted by Crippen LogP contribution is -2.31. The molecule has 10 nitrogen and oxygen atoms in total. The zero-order chi connectivity index (χ0) is 32.1. The number of hydrogen-bond donors (Lipinski definition) is 2. The Morgan fingerprint density at radius 3 is 2.62 bits per heavy atom. The van der Waals surface area contributed by atoms with Crippen molar-refractivity contribution in [1.82, 2.24) is 14.8 Å². The minimum absolute atomic E-state index is 0.138. The maximum atomic E-state index is 12.9. The Morgan fingerprint density at radius 2 is 1.91 bits per heavy atom. The number of aliphatic imine (C=N–C) groups is 1. The minimum atomic E-state index is -4.77. The number of carbonyl (C=O) groups excluding carboxylic acids is 2. The Hall–Kier alpha value is -4.56. The van der Waals surface area contributed by atoms with Gasteiger partial charge >= 0.3 is 12.4 Å². The molecule has 0 saturated carbocycles. The molecule has 1 aromatic heterocycles. The summed E-state index contributed by atoms with van der Waals surface area (Å²) in [5, 5.41) is 10.8. The number of alkyl halides is 3. The maximum Gasteiger partial charge on any atom is 0.573 e. The number of rotatable bonds is 9. The van der Waals surface area contributed by atoms with Crippen LogP contribution in [0.25, 0.3) is 5.69 Å². The minimum Gasteiger partial charge on any atom is -0.406 e. The van der Waals surface area contributed by atoms with E-state index in [1.165, 1.54) is 51.9 Å². The van der Waals surface area contributed by atoms with Crippen molar-refractivity contribution in [3.63, 3.8) is 0 Å². The highest BCUT2D eigenvalue weighted by Crippen LogP contribution is 2.32. The van der Waals surface area contributed by atoms with E-state index in [9.17, 15) is 22.8 Å². The third-order valence-electron chi connectivity index (χ3n) is 6.50. The van der Waals surface area contributed by atoms with Crippen LogP contribution in [0.4, 0.5) is 35.0 Å². The molecule has 3 amide bonds. The Morgan fingerprint density at radius 1 is 1.13 bits per heavy atom. The summed E-state index contributed by atoms with van der Waals surface area (Å²) in [7, 11) is 0. The number of aryl methyl sites for hydroxylation is 2. The molecule has 1 saturated heterocycles. The van der Waals surface area contributed by atoms with Gasteiger partial charge in [0.15, 0.2) is 11.0 Å². The van der Waals surface area contributed by atoms with Crippen LogP contribution in [0.5, 0.6) is 5.75 Å². The average Bonchev–Trinajstić information content (AvgIpc) is 3.59. The summed E-state index contributed by atoms with van der Waals surface area (Å²) in [6.45, 7) is 4.21. The summed E-state index contributed by atoms with van der Waals surface area (Å²) < 4.78 is 42.5. The van der Waals surface area contributed by atoms with Crippen LogP contribution in [0.1, 0.15) is 30.3 Å². The van der Waals surface area contributed by atoms with E-state index in [4.69, 9.17) is 11.6 Å². The average molecular weight is 658 g/mol. The lowest BCUT2D eigenvalue weighted by molar-refractivity contribution is -0.274. The van der Waals surface area contributed by atoms with Crippen LogP contribution in [0, 0.1) is 6.92 Å². The number of thioether (sulfide) groups is 1. The van der Waals surface area contributed by atoms with Crippen molar-refractivity contribution in [3.05, 3.63) is 89.0 Å². The number of hydrogen-bond acceptors (Lipinski definition) is 7. The van der Waals surface area contributed by atoms with Gasteiger partial charge in [0.25, 0.3) is 0 Å². The van der Waals surface area contributed by atoms with Gasteiger partial charge in [-0.15, -0.1) is 18.3 Å². The van der Waals surface area contributed by atoms with E-state index in [1.807, 2.05) is 25.1 Å². The van der Waals surface area contributed by atoms with Crippen LogP contribution in [0.3, 0.4) is 0 Å². The number of anilines is 3. The molecular weight excluding hydrogens is 631 g/mol. The van der Waals surface area contributed by atoms with E-state index in [1.54, 1.807) is 18.2 Å². The quantitative estimate of drug-likeness (QED) is 0.193. The molecule has 2 N–H and O–H groups in total. The lowest BCUT2D eigenvalue weighted by atomic mass is 10.0. The van der Waals surface area contributed by atoms with Crippen LogP contribution < -0.4 is 20.3 Å². The molecule has 0 unspecified atom stereocenters. The van der Waals surface area contributed by atoms with Gasteiger partial charge in [0.1, 0.15) is 12.1 Å². The van der Waals surface area contributed by atoms with Gasteiger partial charge in [0.05, 0.1) is 34.4 Å². The first-order valence-corrected chi connectivity index (χ1v) is 15.1. The number of urea groups is 1. The summed E-state index contributed by atoms with van der Waals surface area (Å²) in [6, 6.07) is 15.4. The predicted molar refractivity (Wildman–Crippen MR) is 168 cm³/mol. The topological polar surface area (TPSA) is 114 Å². The summed E-state index contributed by atoms with van der Waals surface area (Å²) in [6.07, 6.45) is -1.64. The molecule has 3 aromatic carbocycles. The Balaban J connectivity index is 1.21. The van der Waals surface area contributed by atoms with Crippen LogP contribution in [-0.2, 0) is 17.8 Å². The largest absolute Gasteiger partial charge is 0.573 e. The zero-order valence-corrected chi connectivity index (χ0v) is 25.6. The van der Waals surface area contributed by atoms with Crippen LogP contribution in [0.2, 0.25) is 5.02 Å². The molecule has 0 spiro atoms. The smallest absolute Gasteiger partial charge is 0.406 e. The second-order valence-corrected chi connectivity index (χ2v) is 11.3. The zero-order valence-electron chi connectivity index (χ0n) is 24.1. The highest BCUT2D eigenvalue weighted by molar-refractivity contribution is 8.15. The van der Waals surface area contributed by atoms with Crippen LogP contribution in [0.15, 0.2) is 72.0 Å². The van der Waals surface area contributed by atoms with Gasteiger partial charge in [-0.05, 0) is 73.0 Å². The van der Waals surface area contributed by atoms with Crippen molar-refractivity contribution in [2.45, 2.75) is 39.6 Å². The Kier molecular flexibility index (Phi) is 9.63. The first-order chi connectivity index (χ1) is 21.5. The van der Waals surface area contributed by atoms with Gasteiger partial charge in [0.2, 0.25) is 5.91 Å². The van der Waals surface area contributed by atoms with Crippen molar-refractivity contribution >= 4 is 57.5 Å². The van der Waals surface area contributed by atoms with Gasteiger partial charge in [-0.3, -0.25) is 9.69 Å². The molecule has 15 heteroatoms. The van der Waals surface area contributed by atoms with Gasteiger partial charge < -0.3 is 15.4 Å². The molecule has 234 valence electrons. The highest BCUT2D eigenvalue weighted by atomic mass is 35.5. The van der Waals surface area contributed by atoms with Crippen LogP contribution >= 0.6 is 23.4 Å². The molecular formula is C30H27ClF3N7O3S. The van der Waals surface area contributed by atoms with E-state index < -0.39 is 12.4 Å². The summed E-state index contributed by atoms with van der Waals surface area (Å²) >= 11 is 7.66. The molecule has 0 atom stereocenters. The number of halogens is 4. The molecule has 0 radical (unpaired) electrons. The molecule has 2 heterocycles. The first-order valence-electron chi connectivity index (χ1n) is 13.7. The third kappa shape index (κ3) is 8.13. The number of carbonyl (C=O) groups is 2. The maximum absolute atomic E-state index is 12.9. The fourth-order valence-corrected chi connectivity index (χ4v) is 5.60. The normalized spacial score (nSPS) is 14.2. The Bertz CT molecular complexity index is 1750. The molecule has 1 aliphatic rings. The van der Waals surface area contributed by atoms with Gasteiger partial charge in [0, 0.05) is 5.69 Å². The van der Waals surface area contributed by atoms with Crippen LogP contribution in [-0.4, -0.2) is 44.0 Å². The van der Waals surface area contributed by atoms with Gasteiger partial charge in [-0.1, -0.05) is 48.8 Å². The number of aromatic nitrogens is 3. The van der Waals surface area contributed by atoms with E-state index in [2.05, 4.69) is 37.4 Å². The number of benzene rings is 3. The number of ether oxygens (including phenoxy) is 1. The Labute approximate surface area is 265 Å². The molecule has 1 fully saturated rings. The second-order valence-electron chi connectivity index (χ2n) is 9.92. The van der Waals surface area contributed by atoms with Crippen molar-refractivity contribution in [1.29, 1.82) is 0 Å².